The largest absolute Gasteiger partial charge is 0.367 e. The third kappa shape index (κ3) is 19.0. The van der Waals surface area contributed by atoms with Gasteiger partial charge in [0.05, 0.1) is 36.0 Å². The first-order chi connectivity index (χ1) is 39.6. The molecule has 454 valence electrons. The maximum atomic E-state index is 12.3. The fraction of sp³-hybridized carbons (Fsp3) is 0.290. The number of carbonyl (C=O) groups is 1. The van der Waals surface area contributed by atoms with Gasteiger partial charge in [-0.1, -0.05) is 135 Å². The molecule has 0 aliphatic carbocycles. The van der Waals surface area contributed by atoms with Gasteiger partial charge in [-0.2, -0.15) is 25.3 Å². The highest BCUT2D eigenvalue weighted by atomic mass is 32.2. The molecule has 0 spiro atoms. The van der Waals surface area contributed by atoms with E-state index in [0.717, 1.165) is 76.4 Å². The van der Waals surface area contributed by atoms with E-state index < -0.39 is 30.4 Å². The molecule has 0 heterocycles. The van der Waals surface area contributed by atoms with Crippen molar-refractivity contribution in [1.29, 1.82) is 0 Å². The SMILES string of the molecule is C.C.CCN(Cc1cccc(S(=O)(=O)OC)c1)c1ccc(C(c2ccc(C)cc2)c2ccc(N(CC)Cc3cccc(S(=O)(=O)OC)c3)cc2C)c(C)c1.CCN(Cc1cccc(S(=O)(=O)OC)c1)c1cccc(C)c1.Cc1ccc(C=O)cc1. The van der Waals surface area contributed by atoms with Crippen LogP contribution in [0.2, 0.25) is 0 Å². The second-order valence-electron chi connectivity index (χ2n) is 20.1. The van der Waals surface area contributed by atoms with Crippen molar-refractivity contribution < 1.29 is 42.6 Å². The fourth-order valence-corrected chi connectivity index (χ4v) is 11.8. The zero-order chi connectivity index (χ0) is 60.5. The molecule has 8 aromatic carbocycles. The van der Waals surface area contributed by atoms with Crippen molar-refractivity contribution in [2.75, 3.05) is 55.7 Å². The Hall–Kier alpha value is -7.44. The average Bonchev–Trinajstić information content (AvgIpc) is 3.60. The van der Waals surface area contributed by atoms with Crippen LogP contribution in [0.5, 0.6) is 0 Å². The Bertz CT molecular complexity index is 3660. The van der Waals surface area contributed by atoms with Crippen molar-refractivity contribution in [3.05, 3.63) is 249 Å². The maximum absolute atomic E-state index is 12.3. The Morgan fingerprint density at radius 2 is 0.741 bits per heavy atom. The van der Waals surface area contributed by atoms with Gasteiger partial charge in [0.25, 0.3) is 30.4 Å². The van der Waals surface area contributed by atoms with Crippen molar-refractivity contribution in [3.8, 4) is 0 Å². The summed E-state index contributed by atoms with van der Waals surface area (Å²) in [7, 11) is -7.70. The van der Waals surface area contributed by atoms with Crippen LogP contribution in [0.4, 0.5) is 17.1 Å². The lowest BCUT2D eigenvalue weighted by Crippen LogP contribution is -2.23. The first kappa shape index (κ1) is 70.0. The van der Waals surface area contributed by atoms with Gasteiger partial charge in [-0.05, 0) is 178 Å². The Labute approximate surface area is 508 Å². The second-order valence-corrected chi connectivity index (χ2v) is 25.3. The van der Waals surface area contributed by atoms with Gasteiger partial charge in [0, 0.05) is 67.8 Å². The number of hydrogen-bond donors (Lipinski definition) is 0. The summed E-state index contributed by atoms with van der Waals surface area (Å²) in [5.74, 6) is -0.0132. The fourth-order valence-electron chi connectivity index (χ4n) is 9.62. The van der Waals surface area contributed by atoms with Crippen LogP contribution < -0.4 is 14.7 Å². The predicted octanol–water partition coefficient (Wildman–Crippen LogP) is 15.0. The number of rotatable bonds is 22. The van der Waals surface area contributed by atoms with E-state index in [-0.39, 0.29) is 35.5 Å². The van der Waals surface area contributed by atoms with Gasteiger partial charge in [0.2, 0.25) is 0 Å². The summed E-state index contributed by atoms with van der Waals surface area (Å²) < 4.78 is 86.9. The Kier molecular flexibility index (Phi) is 26.5. The van der Waals surface area contributed by atoms with E-state index in [1.165, 1.54) is 54.7 Å². The van der Waals surface area contributed by atoms with E-state index in [0.29, 0.717) is 19.6 Å². The number of aryl methyl sites for hydroxylation is 5. The molecule has 0 radical (unpaired) electrons. The quantitative estimate of drug-likeness (QED) is 0.0359. The molecule has 0 atom stereocenters. The van der Waals surface area contributed by atoms with Crippen molar-refractivity contribution in [2.24, 2.45) is 0 Å². The molecule has 16 heteroatoms. The standard InChI is InChI=1S/C42H48N2O6S2.C17H21NO3S.C8H8O.2CH4/c1-8-43(28-33-12-10-14-38(26-33)51(45,46)49-6)36-20-22-40(31(4)24-36)42(35-18-16-30(3)17-19-35)41-23-21-37(25-32(41)5)44(9-2)29-34-13-11-15-39(27-34)52(47,48)50-7;1-4-18(16-9-5-7-14(2)11-16)13-15-8-6-10-17(12-15)22(19,20)21-3;1-7-2-4-8(6-9)5-3-7;;/h10-27,42H,8-9,28-29H2,1-7H3;5-12H,4,13H2,1-3H3;2-6H,1H3;2*1H4. The Morgan fingerprint density at radius 3 is 1.06 bits per heavy atom. The number of hydrogen-bond acceptors (Lipinski definition) is 13. The normalized spacial score (nSPS) is 11.2. The summed E-state index contributed by atoms with van der Waals surface area (Å²) in [5.41, 5.74) is 16.2. The molecule has 0 aromatic heterocycles. The predicted molar refractivity (Wildman–Crippen MR) is 348 cm³/mol. The summed E-state index contributed by atoms with van der Waals surface area (Å²) in [6.45, 7) is 20.8. The zero-order valence-electron chi connectivity index (χ0n) is 49.4. The van der Waals surface area contributed by atoms with Crippen LogP contribution in [0.3, 0.4) is 0 Å². The van der Waals surface area contributed by atoms with Crippen LogP contribution in [0.1, 0.15) is 113 Å². The summed E-state index contributed by atoms with van der Waals surface area (Å²) >= 11 is 0. The van der Waals surface area contributed by atoms with E-state index in [1.807, 2.05) is 55.5 Å². The lowest BCUT2D eigenvalue weighted by molar-refractivity contribution is 0.112. The summed E-state index contributed by atoms with van der Waals surface area (Å²) in [4.78, 5) is 17.3. The van der Waals surface area contributed by atoms with Gasteiger partial charge < -0.3 is 14.7 Å². The lowest BCUT2D eigenvalue weighted by Gasteiger charge is -2.28. The Balaban J connectivity index is 0.000000384. The first-order valence-electron chi connectivity index (χ1n) is 27.4. The lowest BCUT2D eigenvalue weighted by atomic mass is 9.81. The van der Waals surface area contributed by atoms with Crippen molar-refractivity contribution in [2.45, 2.75) is 110 Å². The zero-order valence-corrected chi connectivity index (χ0v) is 51.8. The highest BCUT2D eigenvalue weighted by Gasteiger charge is 2.24. The van der Waals surface area contributed by atoms with Gasteiger partial charge in [-0.15, -0.1) is 0 Å². The van der Waals surface area contributed by atoms with Gasteiger partial charge in [0.1, 0.15) is 6.29 Å². The second kappa shape index (κ2) is 32.2. The first-order valence-corrected chi connectivity index (χ1v) is 31.6. The number of aldehydes is 1. The van der Waals surface area contributed by atoms with E-state index in [1.54, 1.807) is 54.6 Å². The van der Waals surface area contributed by atoms with E-state index >= 15 is 0 Å². The van der Waals surface area contributed by atoms with Gasteiger partial charge >= 0.3 is 0 Å². The number of benzene rings is 8. The van der Waals surface area contributed by atoms with Crippen LogP contribution in [0.25, 0.3) is 0 Å². The van der Waals surface area contributed by atoms with Crippen LogP contribution in [-0.4, -0.2) is 72.5 Å². The van der Waals surface area contributed by atoms with Gasteiger partial charge in [-0.3, -0.25) is 17.3 Å². The molecular formula is C69H85N3O10S3. The summed E-state index contributed by atoms with van der Waals surface area (Å²) in [5, 5.41) is 0. The van der Waals surface area contributed by atoms with Crippen LogP contribution in [0.15, 0.2) is 197 Å². The molecule has 0 N–H and O–H groups in total. The molecule has 85 heavy (non-hydrogen) atoms. The molecule has 0 fully saturated rings. The number of nitrogens with zero attached hydrogens (tertiary/aromatic N) is 3. The monoisotopic (exact) mass is 1210 g/mol. The van der Waals surface area contributed by atoms with Crippen LogP contribution in [-0.2, 0) is 62.5 Å². The molecule has 0 bridgehead atoms. The average molecular weight is 1210 g/mol. The molecule has 8 aromatic rings. The molecular weight excluding hydrogens is 1130 g/mol. The third-order valence-corrected chi connectivity index (χ3v) is 18.1. The van der Waals surface area contributed by atoms with E-state index in [9.17, 15) is 30.0 Å². The van der Waals surface area contributed by atoms with Crippen LogP contribution in [0, 0.1) is 34.6 Å². The van der Waals surface area contributed by atoms with E-state index in [4.69, 9.17) is 8.37 Å². The molecule has 0 aliphatic heterocycles. The van der Waals surface area contributed by atoms with Gasteiger partial charge in [0.15, 0.2) is 0 Å². The molecule has 0 saturated heterocycles. The van der Waals surface area contributed by atoms with Crippen LogP contribution >= 0.6 is 0 Å². The summed E-state index contributed by atoms with van der Waals surface area (Å²) in [6, 6.07) is 58.3. The third-order valence-electron chi connectivity index (χ3n) is 14.3. The number of anilines is 3. The highest BCUT2D eigenvalue weighted by molar-refractivity contribution is 7.87. The smallest absolute Gasteiger partial charge is 0.296 e. The molecule has 0 saturated carbocycles. The minimum absolute atomic E-state index is 0. The Morgan fingerprint density at radius 1 is 0.400 bits per heavy atom. The van der Waals surface area contributed by atoms with Crippen molar-refractivity contribution in [3.63, 3.8) is 0 Å². The van der Waals surface area contributed by atoms with E-state index in [2.05, 4.69) is 146 Å². The van der Waals surface area contributed by atoms with Crippen molar-refractivity contribution >= 4 is 53.7 Å². The molecule has 0 amide bonds. The number of carbonyl (C=O) groups excluding carboxylic acids is 1. The van der Waals surface area contributed by atoms with Gasteiger partial charge in [-0.25, -0.2) is 0 Å². The maximum Gasteiger partial charge on any atom is 0.296 e. The minimum Gasteiger partial charge on any atom is -0.367 e. The molecule has 0 unspecified atom stereocenters. The molecule has 13 nitrogen and oxygen atoms in total. The minimum atomic E-state index is -3.79. The molecule has 0 aliphatic rings. The summed E-state index contributed by atoms with van der Waals surface area (Å²) in [6.07, 6.45) is 0.847. The van der Waals surface area contributed by atoms with Crippen molar-refractivity contribution in [1.82, 2.24) is 0 Å². The molecule has 8 rings (SSSR count). The topological polar surface area (TPSA) is 157 Å². The highest BCUT2D eigenvalue weighted by Crippen LogP contribution is 2.39.